The molecule has 0 amide bonds. The van der Waals surface area contributed by atoms with Crippen molar-refractivity contribution in [2.24, 2.45) is 0 Å². The van der Waals surface area contributed by atoms with Crippen LogP contribution in [-0.2, 0) is 35.3 Å². The van der Waals surface area contributed by atoms with Gasteiger partial charge < -0.3 is 15.1 Å². The molecule has 11 heteroatoms. The zero-order valence-electron chi connectivity index (χ0n) is 48.3. The number of anilines is 2. The first kappa shape index (κ1) is 61.5. The number of aryl methyl sites for hydroxylation is 4. The summed E-state index contributed by atoms with van der Waals surface area (Å²) in [5, 5.41) is 38.7. The largest absolute Gasteiger partial charge is 0.477 e. The third-order valence-corrected chi connectivity index (χ3v) is 20.5. The lowest BCUT2D eigenvalue weighted by molar-refractivity contribution is -0.133. The summed E-state index contributed by atoms with van der Waals surface area (Å²) in [5.74, 6) is -2.29. The standard InChI is InChI=1S/C71H79N3O4S4/c1-5-9-13-17-22-26-52-46-67(69-54(28-21-16-12-8-4)42-59(80-69)44-56(48-73)71(77)78)82-65(52)38-34-50-32-36-63-61(40-50)60-39-49(31-35-62(60)74(63)57-29-23-18-24-30-57)33-37-64-51(25-19-14-10-6-2)45-66(81-64)68-53(27-20-15-11-7-3)41-58(79-68)43-55(47-72)70(75)76/h18,23-24,29-46,60,62H,5-17,19-22,25-28H2,1-4H3,(H,75,76)(H,77,78)/b37-33+,38-34+,55-43+,56-44+. The summed E-state index contributed by atoms with van der Waals surface area (Å²) in [6.45, 7) is 8.95. The van der Waals surface area contributed by atoms with Gasteiger partial charge in [0.1, 0.15) is 23.3 Å². The van der Waals surface area contributed by atoms with E-state index in [0.29, 0.717) is 0 Å². The highest BCUT2D eigenvalue weighted by Gasteiger charge is 2.38. The van der Waals surface area contributed by atoms with Gasteiger partial charge in [0.15, 0.2) is 0 Å². The predicted molar refractivity (Wildman–Crippen MR) is 350 cm³/mol. The highest BCUT2D eigenvalue weighted by atomic mass is 32.1. The average Bonchev–Trinajstić information content (AvgIpc) is 3.59. The van der Waals surface area contributed by atoms with Gasteiger partial charge in [-0.2, -0.15) is 10.5 Å². The van der Waals surface area contributed by atoms with Crippen LogP contribution in [0.4, 0.5) is 11.4 Å². The summed E-state index contributed by atoms with van der Waals surface area (Å²) >= 11 is 6.83. The Labute approximate surface area is 503 Å². The molecule has 0 fully saturated rings. The van der Waals surface area contributed by atoms with Crippen molar-refractivity contribution in [1.82, 2.24) is 0 Å². The normalized spacial score (nSPS) is 15.1. The molecule has 6 aromatic rings. The first-order valence-electron chi connectivity index (χ1n) is 30.0. The van der Waals surface area contributed by atoms with Gasteiger partial charge in [-0.25, -0.2) is 9.59 Å². The molecule has 4 aromatic heterocycles. The third kappa shape index (κ3) is 16.1. The third-order valence-electron chi connectivity index (χ3n) is 15.6. The summed E-state index contributed by atoms with van der Waals surface area (Å²) in [6.07, 6.45) is 43.0. The van der Waals surface area contributed by atoms with Crippen LogP contribution in [0.25, 0.3) is 49.9 Å². The molecule has 0 spiro atoms. The fourth-order valence-corrected chi connectivity index (χ4v) is 16.0. The maximum atomic E-state index is 11.9. The number of thiophene rings is 4. The predicted octanol–water partition coefficient (Wildman–Crippen LogP) is 21.1. The van der Waals surface area contributed by atoms with E-state index in [0.717, 1.165) is 98.1 Å². The second-order valence-corrected chi connectivity index (χ2v) is 26.1. The summed E-state index contributed by atoms with van der Waals surface area (Å²) in [4.78, 5) is 35.1. The topological polar surface area (TPSA) is 125 Å². The average molecular weight is 1170 g/mol. The summed E-state index contributed by atoms with van der Waals surface area (Å²) in [7, 11) is 0. The molecule has 0 radical (unpaired) electrons. The molecule has 0 saturated carbocycles. The van der Waals surface area contributed by atoms with Crippen LogP contribution in [0.3, 0.4) is 0 Å². The lowest BCUT2D eigenvalue weighted by Gasteiger charge is -2.29. The number of carboxylic acids is 2. The van der Waals surface area contributed by atoms with Crippen LogP contribution in [0.5, 0.6) is 0 Å². The molecule has 2 N–H and O–H groups in total. The lowest BCUT2D eigenvalue weighted by atomic mass is 9.87. The maximum Gasteiger partial charge on any atom is 0.346 e. The van der Waals surface area contributed by atoms with Gasteiger partial charge in [0, 0.05) is 56.3 Å². The van der Waals surface area contributed by atoms with E-state index < -0.39 is 11.9 Å². The molecule has 1 aliphatic heterocycles. The van der Waals surface area contributed by atoms with Gasteiger partial charge in [0.25, 0.3) is 0 Å². The number of hydrogen-bond acceptors (Lipinski definition) is 9. The zero-order chi connectivity index (χ0) is 57.8. The Bertz CT molecular complexity index is 3410. The Hall–Kier alpha value is -6.60. The van der Waals surface area contributed by atoms with Crippen molar-refractivity contribution in [3.8, 4) is 31.6 Å². The number of nitriles is 2. The molecule has 2 unspecified atom stereocenters. The molecule has 82 heavy (non-hydrogen) atoms. The number of benzene rings is 2. The maximum absolute atomic E-state index is 11.9. The minimum Gasteiger partial charge on any atom is -0.477 e. The number of nitrogens with zero attached hydrogens (tertiary/aromatic N) is 3. The van der Waals surface area contributed by atoms with Crippen molar-refractivity contribution in [1.29, 1.82) is 10.5 Å². The summed E-state index contributed by atoms with van der Waals surface area (Å²) in [5.41, 5.74) is 10.6. The molecule has 0 bridgehead atoms. The smallest absolute Gasteiger partial charge is 0.346 e. The molecule has 7 nitrogen and oxygen atoms in total. The number of aliphatic carboxylic acids is 2. The van der Waals surface area contributed by atoms with E-state index in [1.165, 1.54) is 138 Å². The minimum absolute atomic E-state index is 0.109. The van der Waals surface area contributed by atoms with Crippen LogP contribution in [0.1, 0.15) is 196 Å². The monoisotopic (exact) mass is 1170 g/mol. The molecule has 8 rings (SSSR count). The minimum atomic E-state index is -1.20. The number of hydrogen-bond donors (Lipinski definition) is 2. The highest BCUT2D eigenvalue weighted by molar-refractivity contribution is 7.23. The number of para-hydroxylation sites is 1. The van der Waals surface area contributed by atoms with E-state index in [4.69, 9.17) is 0 Å². The van der Waals surface area contributed by atoms with E-state index in [1.807, 2.05) is 34.8 Å². The molecule has 2 atom stereocenters. The van der Waals surface area contributed by atoms with Gasteiger partial charge in [0.05, 0.1) is 6.04 Å². The van der Waals surface area contributed by atoms with Crippen LogP contribution in [0.15, 0.2) is 114 Å². The molecule has 2 aromatic carbocycles. The first-order valence-corrected chi connectivity index (χ1v) is 33.3. The number of allylic oxidation sites excluding steroid dienone is 3. The fraction of sp³-hybridized carbons (Fsp3) is 0.380. The van der Waals surface area contributed by atoms with E-state index in [2.05, 4.69) is 148 Å². The van der Waals surface area contributed by atoms with Gasteiger partial charge in [-0.15, -0.1) is 45.3 Å². The molecule has 0 saturated heterocycles. The molecular weight excluding hydrogens is 1090 g/mol. The number of carboxylic acid groups (broad SMARTS) is 2. The summed E-state index contributed by atoms with van der Waals surface area (Å²) in [6, 6.07) is 30.5. The van der Waals surface area contributed by atoms with Crippen LogP contribution in [-0.4, -0.2) is 28.2 Å². The number of fused-ring (bicyclic) bond motifs is 3. The van der Waals surface area contributed by atoms with E-state index in [9.17, 15) is 30.3 Å². The zero-order valence-corrected chi connectivity index (χ0v) is 51.6. The van der Waals surface area contributed by atoms with Crippen LogP contribution < -0.4 is 4.90 Å². The second-order valence-electron chi connectivity index (χ2n) is 21.8. The van der Waals surface area contributed by atoms with Gasteiger partial charge in [-0.3, -0.25) is 0 Å². The van der Waals surface area contributed by atoms with E-state index in [-0.39, 0.29) is 23.1 Å². The highest BCUT2D eigenvalue weighted by Crippen LogP contribution is 2.50. The Balaban J connectivity index is 1.13. The number of carbonyl (C=O) groups is 2. The Morgan fingerprint density at radius 3 is 1.51 bits per heavy atom. The van der Waals surface area contributed by atoms with Crippen molar-refractivity contribution in [2.45, 2.75) is 174 Å². The van der Waals surface area contributed by atoms with Crippen LogP contribution in [0, 0.1) is 22.7 Å². The molecular formula is C71H79N3O4S4. The van der Waals surface area contributed by atoms with Gasteiger partial charge >= 0.3 is 11.9 Å². The fourth-order valence-electron chi connectivity index (χ4n) is 11.2. The van der Waals surface area contributed by atoms with E-state index >= 15 is 0 Å². The molecule has 5 heterocycles. The molecule has 426 valence electrons. The van der Waals surface area contributed by atoms with Crippen LogP contribution in [0.2, 0.25) is 0 Å². The van der Waals surface area contributed by atoms with Gasteiger partial charge in [0.2, 0.25) is 0 Å². The Kier molecular flexibility index (Phi) is 23.4. The Morgan fingerprint density at radius 1 is 0.549 bits per heavy atom. The molecule has 1 aliphatic carbocycles. The van der Waals surface area contributed by atoms with Gasteiger partial charge in [-0.05, 0) is 163 Å². The van der Waals surface area contributed by atoms with Crippen molar-refractivity contribution in [3.05, 3.63) is 167 Å². The molecule has 2 aliphatic rings. The first-order chi connectivity index (χ1) is 40.0. The Morgan fingerprint density at radius 2 is 1.02 bits per heavy atom. The van der Waals surface area contributed by atoms with Gasteiger partial charge in [-0.1, -0.05) is 166 Å². The second kappa shape index (κ2) is 31.2. The summed E-state index contributed by atoms with van der Waals surface area (Å²) < 4.78 is 0. The quantitative estimate of drug-likeness (QED) is 0.0245. The van der Waals surface area contributed by atoms with Crippen molar-refractivity contribution in [3.63, 3.8) is 0 Å². The number of unbranched alkanes of at least 4 members (excludes halogenated alkanes) is 13. The van der Waals surface area contributed by atoms with Crippen LogP contribution >= 0.6 is 45.3 Å². The lowest BCUT2D eigenvalue weighted by Crippen LogP contribution is -2.28. The van der Waals surface area contributed by atoms with Crippen molar-refractivity contribution >= 4 is 99.0 Å². The number of rotatable bonds is 32. The van der Waals surface area contributed by atoms with Crippen molar-refractivity contribution < 1.29 is 19.8 Å². The van der Waals surface area contributed by atoms with E-state index in [1.54, 1.807) is 22.7 Å². The SMILES string of the molecule is CCCCCCCc1cc(-c2sc(/C=C(\C#N)C(=O)O)cc2CCCCCC)sc1/C=C/c1ccc2c(c1)C1C=C(/C=C/c3sc(-c4sc(/C=C(\C#N)C(=O)O)cc4CCCCCC)cc3CCCCCC)C=CC1N2c1ccccc1. The van der Waals surface area contributed by atoms with Crippen molar-refractivity contribution in [2.75, 3.05) is 4.90 Å².